The van der Waals surface area contributed by atoms with E-state index in [1.807, 2.05) is 6.92 Å². The van der Waals surface area contributed by atoms with Gasteiger partial charge in [0.15, 0.2) is 0 Å². The van der Waals surface area contributed by atoms with Crippen LogP contribution in [0.15, 0.2) is 47.1 Å². The Hall–Kier alpha value is -1.97. The van der Waals surface area contributed by atoms with Crippen molar-refractivity contribution in [3.8, 4) is 11.1 Å². The first-order valence-electron chi connectivity index (χ1n) is 9.55. The van der Waals surface area contributed by atoms with E-state index in [9.17, 15) is 17.2 Å². The van der Waals surface area contributed by atoms with Crippen LogP contribution in [0.3, 0.4) is 0 Å². The highest BCUT2D eigenvalue weighted by Gasteiger charge is 2.24. The number of sulfonamides is 1. The molecule has 0 bridgehead atoms. The van der Waals surface area contributed by atoms with Crippen molar-refractivity contribution in [1.82, 2.24) is 8.87 Å². The number of nitrogens with zero attached hydrogens (tertiary/aromatic N) is 2. The molecule has 0 aliphatic carbocycles. The molecule has 0 radical (unpaired) electrons. The molecule has 0 amide bonds. The van der Waals surface area contributed by atoms with Crippen molar-refractivity contribution >= 4 is 44.9 Å². The van der Waals surface area contributed by atoms with E-state index in [2.05, 4.69) is 0 Å². The zero-order valence-corrected chi connectivity index (χ0v) is 20.5. The molecule has 0 saturated heterocycles. The molecule has 10 heteroatoms. The predicted molar refractivity (Wildman–Crippen MR) is 128 cm³/mol. The summed E-state index contributed by atoms with van der Waals surface area (Å²) in [6.45, 7) is 3.40. The first-order chi connectivity index (χ1) is 14.5. The van der Waals surface area contributed by atoms with Crippen molar-refractivity contribution in [2.75, 3.05) is 20.6 Å². The van der Waals surface area contributed by atoms with E-state index in [4.69, 9.17) is 17.3 Å². The van der Waals surface area contributed by atoms with E-state index in [0.717, 1.165) is 9.87 Å². The lowest BCUT2D eigenvalue weighted by Gasteiger charge is -2.14. The molecule has 0 aliphatic heterocycles. The average Bonchev–Trinajstić information content (AvgIpc) is 2.93. The third kappa shape index (κ3) is 4.70. The lowest BCUT2D eigenvalue weighted by Crippen LogP contribution is -2.22. The molecule has 174 valence electrons. The number of fused-ring (bicyclic) bond motifs is 1. The van der Waals surface area contributed by atoms with E-state index in [0.29, 0.717) is 22.2 Å². The van der Waals surface area contributed by atoms with Crippen LogP contribution >= 0.6 is 24.0 Å². The van der Waals surface area contributed by atoms with Crippen LogP contribution in [0.4, 0.5) is 8.78 Å². The predicted octanol–water partition coefficient (Wildman–Crippen LogP) is 5.20. The van der Waals surface area contributed by atoms with Crippen LogP contribution in [0.2, 0.25) is 5.02 Å². The number of allylic oxidation sites excluding steroid dienone is 1. The molecule has 2 aromatic carbocycles. The maximum absolute atomic E-state index is 15.0. The highest BCUT2D eigenvalue weighted by Crippen LogP contribution is 2.40. The van der Waals surface area contributed by atoms with Crippen LogP contribution in [0.1, 0.15) is 11.3 Å². The largest absolute Gasteiger partial charge is 0.335 e. The number of halogens is 4. The van der Waals surface area contributed by atoms with Gasteiger partial charge in [-0.3, -0.25) is 0 Å². The van der Waals surface area contributed by atoms with Crippen LogP contribution in [0.25, 0.3) is 22.0 Å². The highest BCUT2D eigenvalue weighted by molar-refractivity contribution is 7.89. The van der Waals surface area contributed by atoms with Gasteiger partial charge in [-0.2, -0.15) is 0 Å². The summed E-state index contributed by atoms with van der Waals surface area (Å²) in [5, 5.41) is 0.668. The number of aryl methyl sites for hydroxylation is 1. The number of rotatable bonds is 6. The molecule has 0 atom stereocenters. The van der Waals surface area contributed by atoms with Gasteiger partial charge in [0, 0.05) is 42.3 Å². The summed E-state index contributed by atoms with van der Waals surface area (Å²) in [4.78, 5) is 0.107. The summed E-state index contributed by atoms with van der Waals surface area (Å²) in [6, 6.07) is 7.57. The smallest absolute Gasteiger partial charge is 0.242 e. The summed E-state index contributed by atoms with van der Waals surface area (Å²) in [6.07, 6.45) is 1.23. The van der Waals surface area contributed by atoms with Crippen molar-refractivity contribution in [2.45, 2.75) is 25.3 Å². The maximum atomic E-state index is 15.0. The number of nitrogens with two attached hydrogens (primary N) is 1. The van der Waals surface area contributed by atoms with Crippen LogP contribution in [-0.4, -0.2) is 37.9 Å². The Kier molecular flexibility index (Phi) is 8.12. The van der Waals surface area contributed by atoms with Crippen molar-refractivity contribution in [1.29, 1.82) is 0 Å². The number of aromatic nitrogens is 1. The van der Waals surface area contributed by atoms with Crippen molar-refractivity contribution in [3.63, 3.8) is 0 Å². The fraction of sp³-hybridized carbons (Fsp3) is 0.273. The van der Waals surface area contributed by atoms with Gasteiger partial charge in [-0.05, 0) is 55.3 Å². The number of hydrogen-bond acceptors (Lipinski definition) is 3. The third-order valence-corrected chi connectivity index (χ3v) is 7.27. The van der Waals surface area contributed by atoms with Crippen molar-refractivity contribution < 1.29 is 17.2 Å². The first-order valence-corrected chi connectivity index (χ1v) is 11.4. The van der Waals surface area contributed by atoms with Crippen LogP contribution in [-0.2, 0) is 16.6 Å². The molecule has 3 aromatic rings. The molecule has 0 aliphatic rings. The molecule has 2 N–H and O–H groups in total. The Labute approximate surface area is 197 Å². The topological polar surface area (TPSA) is 68.3 Å². The Balaban J connectivity index is 0.00000363. The standard InChI is InChI=1S/C22H24ClF2N3O2S.ClH/c1-13-5-6-17(31(29,30)27(3)4)11-18(13)21-14(2)28(12-16(24)7-8-26)22-19(21)9-15(23)10-20(22)25;/h5-7,9-11H,8,12,26H2,1-4H3;1H. The first kappa shape index (κ1) is 26.3. The van der Waals surface area contributed by atoms with E-state index in [1.54, 1.807) is 25.1 Å². The van der Waals surface area contributed by atoms with Crippen LogP contribution in [0.5, 0.6) is 0 Å². The summed E-state index contributed by atoms with van der Waals surface area (Å²) in [5.41, 5.74) is 8.18. The van der Waals surface area contributed by atoms with E-state index < -0.39 is 21.7 Å². The Morgan fingerprint density at radius 2 is 1.88 bits per heavy atom. The van der Waals surface area contributed by atoms with Crippen LogP contribution < -0.4 is 5.73 Å². The van der Waals surface area contributed by atoms with Gasteiger partial charge in [0.05, 0.1) is 17.0 Å². The maximum Gasteiger partial charge on any atom is 0.242 e. The van der Waals surface area contributed by atoms with E-state index >= 15 is 0 Å². The fourth-order valence-corrected chi connectivity index (χ4v) is 4.78. The number of benzene rings is 2. The van der Waals surface area contributed by atoms with Gasteiger partial charge < -0.3 is 10.3 Å². The zero-order chi connectivity index (χ0) is 23.1. The SMILES string of the molecule is Cc1ccc(S(=O)(=O)N(C)C)cc1-c1c(C)n(CC(F)=CCN)c2c(F)cc(Cl)cc12.Cl. The van der Waals surface area contributed by atoms with Gasteiger partial charge in [0.25, 0.3) is 0 Å². The van der Waals surface area contributed by atoms with Gasteiger partial charge in [-0.25, -0.2) is 21.5 Å². The second-order valence-electron chi connectivity index (χ2n) is 7.48. The minimum atomic E-state index is -3.68. The normalized spacial score (nSPS) is 12.5. The molecule has 0 spiro atoms. The molecule has 32 heavy (non-hydrogen) atoms. The monoisotopic (exact) mass is 503 g/mol. The molecular weight excluding hydrogens is 479 g/mol. The lowest BCUT2D eigenvalue weighted by molar-refractivity contribution is 0.521. The van der Waals surface area contributed by atoms with Gasteiger partial charge in [-0.1, -0.05) is 17.7 Å². The highest BCUT2D eigenvalue weighted by atomic mass is 35.5. The summed E-state index contributed by atoms with van der Waals surface area (Å²) in [7, 11) is -0.779. The molecule has 0 unspecified atom stereocenters. The second kappa shape index (κ2) is 9.89. The summed E-state index contributed by atoms with van der Waals surface area (Å²) < 4.78 is 57.3. The van der Waals surface area contributed by atoms with Crippen molar-refractivity contribution in [2.24, 2.45) is 5.73 Å². The zero-order valence-electron chi connectivity index (χ0n) is 18.1. The van der Waals surface area contributed by atoms with Crippen molar-refractivity contribution in [3.05, 3.63) is 64.3 Å². The lowest BCUT2D eigenvalue weighted by atomic mass is 9.98. The molecule has 3 rings (SSSR count). The molecular formula is C22H25Cl2F2N3O2S. The van der Waals surface area contributed by atoms with Crippen LogP contribution in [0, 0.1) is 19.7 Å². The third-order valence-electron chi connectivity index (χ3n) is 5.24. The average molecular weight is 504 g/mol. The van der Waals surface area contributed by atoms with E-state index in [1.165, 1.54) is 36.9 Å². The molecule has 1 aromatic heterocycles. The minimum absolute atomic E-state index is 0. The van der Waals surface area contributed by atoms with Gasteiger partial charge >= 0.3 is 0 Å². The molecule has 1 heterocycles. The molecule has 5 nitrogen and oxygen atoms in total. The Morgan fingerprint density at radius 3 is 2.47 bits per heavy atom. The minimum Gasteiger partial charge on any atom is -0.335 e. The Morgan fingerprint density at radius 1 is 1.22 bits per heavy atom. The summed E-state index contributed by atoms with van der Waals surface area (Å²) in [5.74, 6) is -1.09. The van der Waals surface area contributed by atoms with Gasteiger partial charge in [0.1, 0.15) is 11.6 Å². The Bertz CT molecular complexity index is 1300. The molecule has 0 fully saturated rings. The number of hydrogen-bond donors (Lipinski definition) is 1. The second-order valence-corrected chi connectivity index (χ2v) is 10.1. The van der Waals surface area contributed by atoms with Gasteiger partial charge in [0.2, 0.25) is 10.0 Å². The van der Waals surface area contributed by atoms with Gasteiger partial charge in [-0.15, -0.1) is 12.4 Å². The molecule has 0 saturated carbocycles. The summed E-state index contributed by atoms with van der Waals surface area (Å²) >= 11 is 6.13. The quantitative estimate of drug-likeness (QED) is 0.502. The fourth-order valence-electron chi connectivity index (χ4n) is 3.65. The van der Waals surface area contributed by atoms with E-state index in [-0.39, 0.29) is 40.9 Å².